The Balaban J connectivity index is 2.63. The number of carboxylic acid groups (broad SMARTS) is 1. The highest BCUT2D eigenvalue weighted by Crippen LogP contribution is 2.14. The summed E-state index contributed by atoms with van der Waals surface area (Å²) < 4.78 is 5.11. The van der Waals surface area contributed by atoms with Crippen molar-refractivity contribution < 1.29 is 24.2 Å². The molecule has 0 saturated carbocycles. The number of carboxylic acids is 1. The van der Waals surface area contributed by atoms with Gasteiger partial charge in [-0.2, -0.15) is 0 Å². The second-order valence-corrected chi connectivity index (χ2v) is 4.14. The maximum Gasteiger partial charge on any atom is 0.304 e. The number of rotatable bonds is 5. The van der Waals surface area contributed by atoms with Crippen LogP contribution >= 0.6 is 0 Å². The Kier molecular flexibility index (Phi) is 5.09. The number of ketones is 1. The van der Waals surface area contributed by atoms with E-state index in [4.69, 9.17) is 9.84 Å². The highest BCUT2D eigenvalue weighted by molar-refractivity contribution is 5.88. The number of carbonyl (C=O) groups is 3. The summed E-state index contributed by atoms with van der Waals surface area (Å²) in [6.07, 6.45) is -0.307. The summed E-state index contributed by atoms with van der Waals surface area (Å²) in [6.45, 7) is 3.22. The summed E-state index contributed by atoms with van der Waals surface area (Å²) in [5, 5.41) is 8.74. The minimum atomic E-state index is -1.06. The molecule has 1 rings (SSSR count). The first-order valence-corrected chi connectivity index (χ1v) is 5.58. The standard InChI is InChI=1S/C11H17NO5/c1-8(13)6-9(7-10(14)15)11(16)12-2-4-17-5-3-12/h9H,2-7H2,1H3,(H,14,15)/t9-/m0/s1. The van der Waals surface area contributed by atoms with Crippen LogP contribution in [0.2, 0.25) is 0 Å². The molecule has 96 valence electrons. The van der Waals surface area contributed by atoms with Crippen molar-refractivity contribution in [1.29, 1.82) is 0 Å². The van der Waals surface area contributed by atoms with Crippen LogP contribution < -0.4 is 0 Å². The highest BCUT2D eigenvalue weighted by atomic mass is 16.5. The van der Waals surface area contributed by atoms with Crippen molar-refractivity contribution in [3.63, 3.8) is 0 Å². The Morgan fingerprint density at radius 3 is 2.29 bits per heavy atom. The number of nitrogens with zero attached hydrogens (tertiary/aromatic N) is 1. The maximum absolute atomic E-state index is 12.0. The molecule has 1 aliphatic heterocycles. The summed E-state index contributed by atoms with van der Waals surface area (Å²) in [5.74, 6) is -2.23. The summed E-state index contributed by atoms with van der Waals surface area (Å²) >= 11 is 0. The number of carbonyl (C=O) groups excluding carboxylic acids is 2. The average molecular weight is 243 g/mol. The predicted octanol–water partition coefficient (Wildman–Crippen LogP) is -0.0848. The van der Waals surface area contributed by atoms with Crippen LogP contribution in [0.25, 0.3) is 0 Å². The molecule has 1 N–H and O–H groups in total. The SMILES string of the molecule is CC(=O)C[C@@H](CC(=O)O)C(=O)N1CCOCC1. The molecule has 17 heavy (non-hydrogen) atoms. The Morgan fingerprint density at radius 2 is 1.82 bits per heavy atom. The fourth-order valence-corrected chi connectivity index (χ4v) is 1.85. The molecule has 0 aliphatic carbocycles. The molecule has 1 saturated heterocycles. The third-order valence-corrected chi connectivity index (χ3v) is 2.63. The minimum absolute atomic E-state index is 0.0114. The number of hydrogen-bond acceptors (Lipinski definition) is 4. The summed E-state index contributed by atoms with van der Waals surface area (Å²) in [4.78, 5) is 35.3. The Bertz CT molecular complexity index is 293. The van der Waals surface area contributed by atoms with E-state index in [1.165, 1.54) is 6.92 Å². The largest absolute Gasteiger partial charge is 0.481 e. The topological polar surface area (TPSA) is 83.9 Å². The molecule has 6 heteroatoms. The van der Waals surface area contributed by atoms with Crippen LogP contribution in [-0.2, 0) is 19.1 Å². The van der Waals surface area contributed by atoms with Crippen LogP contribution in [0.1, 0.15) is 19.8 Å². The second kappa shape index (κ2) is 6.34. The van der Waals surface area contributed by atoms with E-state index in [-0.39, 0.29) is 24.5 Å². The monoisotopic (exact) mass is 243 g/mol. The van der Waals surface area contributed by atoms with Crippen molar-refractivity contribution in [3.05, 3.63) is 0 Å². The number of aliphatic carboxylic acids is 1. The number of amides is 1. The third kappa shape index (κ3) is 4.52. The minimum Gasteiger partial charge on any atom is -0.481 e. The van der Waals surface area contributed by atoms with Crippen molar-refractivity contribution in [1.82, 2.24) is 4.90 Å². The number of morpholine rings is 1. The first-order chi connectivity index (χ1) is 8.00. The van der Waals surface area contributed by atoms with Crippen LogP contribution in [0.15, 0.2) is 0 Å². The Hall–Kier alpha value is -1.43. The molecular formula is C11H17NO5. The second-order valence-electron chi connectivity index (χ2n) is 4.14. The van der Waals surface area contributed by atoms with Gasteiger partial charge in [-0.25, -0.2) is 0 Å². The zero-order valence-corrected chi connectivity index (χ0v) is 9.85. The van der Waals surface area contributed by atoms with Gasteiger partial charge in [0.2, 0.25) is 5.91 Å². The van der Waals surface area contributed by atoms with Crippen molar-refractivity contribution in [2.75, 3.05) is 26.3 Å². The van der Waals surface area contributed by atoms with E-state index in [1.54, 1.807) is 4.90 Å². The van der Waals surface area contributed by atoms with Crippen molar-refractivity contribution in [2.45, 2.75) is 19.8 Å². The molecule has 0 unspecified atom stereocenters. The lowest BCUT2D eigenvalue weighted by molar-refractivity contribution is -0.147. The number of ether oxygens (including phenoxy) is 1. The fraction of sp³-hybridized carbons (Fsp3) is 0.727. The zero-order valence-electron chi connectivity index (χ0n) is 9.85. The number of Topliss-reactive ketones (excluding diaryl/α,β-unsaturated/α-hetero) is 1. The molecule has 0 aromatic rings. The lowest BCUT2D eigenvalue weighted by Crippen LogP contribution is -2.44. The van der Waals surface area contributed by atoms with Gasteiger partial charge in [-0.15, -0.1) is 0 Å². The molecule has 6 nitrogen and oxygen atoms in total. The van der Waals surface area contributed by atoms with Crippen LogP contribution in [0.5, 0.6) is 0 Å². The van der Waals surface area contributed by atoms with E-state index < -0.39 is 11.9 Å². The highest BCUT2D eigenvalue weighted by Gasteiger charge is 2.28. The third-order valence-electron chi connectivity index (χ3n) is 2.63. The van der Waals surface area contributed by atoms with Crippen LogP contribution in [-0.4, -0.2) is 54.0 Å². The van der Waals surface area contributed by atoms with Gasteiger partial charge in [-0.05, 0) is 6.92 Å². The van der Waals surface area contributed by atoms with Crippen molar-refractivity contribution >= 4 is 17.7 Å². The fourth-order valence-electron chi connectivity index (χ4n) is 1.85. The normalized spacial score (nSPS) is 17.6. The van der Waals surface area contributed by atoms with Gasteiger partial charge >= 0.3 is 5.97 Å². The van der Waals surface area contributed by atoms with Crippen molar-refractivity contribution in [3.8, 4) is 0 Å². The van der Waals surface area contributed by atoms with E-state index in [0.29, 0.717) is 26.3 Å². The first-order valence-electron chi connectivity index (χ1n) is 5.58. The van der Waals surface area contributed by atoms with Gasteiger partial charge in [-0.3, -0.25) is 9.59 Å². The number of hydrogen-bond donors (Lipinski definition) is 1. The lowest BCUT2D eigenvalue weighted by Gasteiger charge is -2.29. The molecule has 0 aromatic heterocycles. The molecule has 0 bridgehead atoms. The average Bonchev–Trinajstić information content (AvgIpc) is 2.27. The molecule has 1 atom stereocenters. The van der Waals surface area contributed by atoms with Crippen molar-refractivity contribution in [2.24, 2.45) is 5.92 Å². The summed E-state index contributed by atoms with van der Waals surface area (Å²) in [7, 11) is 0. The lowest BCUT2D eigenvalue weighted by atomic mass is 9.97. The molecule has 1 aliphatic rings. The predicted molar refractivity (Wildman–Crippen MR) is 58.4 cm³/mol. The van der Waals surface area contributed by atoms with E-state index >= 15 is 0 Å². The quantitative estimate of drug-likeness (QED) is 0.729. The van der Waals surface area contributed by atoms with E-state index in [0.717, 1.165) is 0 Å². The van der Waals surface area contributed by atoms with Crippen LogP contribution in [0, 0.1) is 5.92 Å². The molecule has 0 radical (unpaired) electrons. The maximum atomic E-state index is 12.0. The molecule has 1 heterocycles. The molecule has 1 amide bonds. The first kappa shape index (κ1) is 13.6. The Labute approximate surface area is 99.5 Å². The molecular weight excluding hydrogens is 226 g/mol. The van der Waals surface area contributed by atoms with Gasteiger partial charge in [0, 0.05) is 19.5 Å². The summed E-state index contributed by atoms with van der Waals surface area (Å²) in [5.41, 5.74) is 0. The molecule has 0 spiro atoms. The zero-order chi connectivity index (χ0) is 12.8. The van der Waals surface area contributed by atoms with Crippen LogP contribution in [0.3, 0.4) is 0 Å². The molecule has 1 fully saturated rings. The van der Waals surface area contributed by atoms with Gasteiger partial charge in [0.25, 0.3) is 0 Å². The van der Waals surface area contributed by atoms with Gasteiger partial charge in [0.15, 0.2) is 0 Å². The van der Waals surface area contributed by atoms with E-state index in [9.17, 15) is 14.4 Å². The van der Waals surface area contributed by atoms with E-state index in [2.05, 4.69) is 0 Å². The van der Waals surface area contributed by atoms with Gasteiger partial charge in [-0.1, -0.05) is 0 Å². The van der Waals surface area contributed by atoms with E-state index in [1.807, 2.05) is 0 Å². The van der Waals surface area contributed by atoms with Gasteiger partial charge < -0.3 is 19.5 Å². The summed E-state index contributed by atoms with van der Waals surface area (Å²) in [6, 6.07) is 0. The van der Waals surface area contributed by atoms with Gasteiger partial charge in [0.05, 0.1) is 25.6 Å². The smallest absolute Gasteiger partial charge is 0.304 e. The Morgan fingerprint density at radius 1 is 1.24 bits per heavy atom. The molecule has 0 aromatic carbocycles. The van der Waals surface area contributed by atoms with Gasteiger partial charge in [0.1, 0.15) is 5.78 Å². The van der Waals surface area contributed by atoms with Crippen LogP contribution in [0.4, 0.5) is 0 Å².